The van der Waals surface area contributed by atoms with E-state index in [9.17, 15) is 14.0 Å². The van der Waals surface area contributed by atoms with E-state index < -0.39 is 8.41 Å². The normalized spacial score (nSPS) is 26.8. The lowest BCUT2D eigenvalue weighted by Gasteiger charge is -2.43. The Bertz CT molecular complexity index is 678. The molecule has 26 heavy (non-hydrogen) atoms. The van der Waals surface area contributed by atoms with Gasteiger partial charge in [-0.05, 0) is 37.7 Å². The molecule has 1 unspecified atom stereocenters. The van der Waals surface area contributed by atoms with Crippen molar-refractivity contribution < 1.29 is 23.5 Å². The quantitative estimate of drug-likeness (QED) is 0.466. The van der Waals surface area contributed by atoms with Gasteiger partial charge >= 0.3 is 0 Å². The third-order valence-corrected chi connectivity index (χ3v) is 8.07. The van der Waals surface area contributed by atoms with Crippen molar-refractivity contribution in [3.63, 3.8) is 0 Å². The number of β-lactam (4-membered cyclic amide) rings is 1. The number of hydrogen-bond donors (Lipinski definition) is 1. The van der Waals surface area contributed by atoms with Crippen LogP contribution in [0, 0.1) is 5.92 Å². The Balaban J connectivity index is 1.95. The van der Waals surface area contributed by atoms with E-state index in [0.717, 1.165) is 17.8 Å². The van der Waals surface area contributed by atoms with E-state index >= 15 is 0 Å². The molecule has 1 aromatic rings. The van der Waals surface area contributed by atoms with E-state index in [1.54, 1.807) is 25.1 Å². The number of hydrogen-bond acceptors (Lipinski definition) is 4. The van der Waals surface area contributed by atoms with Crippen LogP contribution in [0.5, 0.6) is 5.75 Å². The molecule has 1 N–H and O–H groups in total. The summed E-state index contributed by atoms with van der Waals surface area (Å²) in [5, 5.41) is 9.42. The molecule has 5 nitrogen and oxygen atoms in total. The van der Waals surface area contributed by atoms with Gasteiger partial charge in [0.05, 0.1) is 6.10 Å². The largest absolute Gasteiger partial charge is 0.490 e. The molecule has 1 amide bonds. The molecule has 2 aliphatic heterocycles. The summed E-state index contributed by atoms with van der Waals surface area (Å²) in [7, 11) is -1.38. The summed E-state index contributed by atoms with van der Waals surface area (Å²) in [6, 6.07) is 5.67. The van der Waals surface area contributed by atoms with E-state index in [1.165, 1.54) is 0 Å². The number of carbonyl (C=O) groups is 1. The Morgan fingerprint density at radius 3 is 2.69 bits per heavy atom. The van der Waals surface area contributed by atoms with Crippen LogP contribution < -0.4 is 9.64 Å². The molecule has 7 heteroatoms. The third-order valence-electron chi connectivity index (χ3n) is 5.69. The summed E-state index contributed by atoms with van der Waals surface area (Å²) in [6.07, 6.45) is 0.385. The molecule has 0 spiro atoms. The van der Waals surface area contributed by atoms with Gasteiger partial charge in [-0.1, -0.05) is 6.92 Å². The van der Waals surface area contributed by atoms with E-state index in [0.29, 0.717) is 18.6 Å². The fourth-order valence-corrected chi connectivity index (χ4v) is 6.13. The lowest BCUT2D eigenvalue weighted by Crippen LogP contribution is -2.46. The van der Waals surface area contributed by atoms with E-state index in [4.69, 9.17) is 9.47 Å². The van der Waals surface area contributed by atoms with Crippen molar-refractivity contribution in [2.24, 2.45) is 5.92 Å². The molecule has 0 radical (unpaired) electrons. The Kier molecular flexibility index (Phi) is 5.42. The number of nitrogens with zero attached hydrogens (tertiary/aromatic N) is 1. The highest BCUT2D eigenvalue weighted by molar-refractivity contribution is 6.72. The van der Waals surface area contributed by atoms with E-state index in [2.05, 4.69) is 0 Å². The van der Waals surface area contributed by atoms with Crippen molar-refractivity contribution in [2.75, 3.05) is 25.2 Å². The number of aliphatic hydroxyl groups is 1. The van der Waals surface area contributed by atoms with Crippen molar-refractivity contribution in [3.8, 4) is 5.75 Å². The van der Waals surface area contributed by atoms with Gasteiger partial charge in [-0.3, -0.25) is 4.79 Å². The average molecular weight is 382 g/mol. The molecule has 0 bridgehead atoms. The highest BCUT2D eigenvalue weighted by Crippen LogP contribution is 2.48. The van der Waals surface area contributed by atoms with Crippen LogP contribution in [0.2, 0.25) is 18.6 Å². The summed E-state index contributed by atoms with van der Waals surface area (Å²) in [4.78, 5) is 13.5. The maximum absolute atomic E-state index is 14.9. The highest BCUT2D eigenvalue weighted by Gasteiger charge is 2.47. The summed E-state index contributed by atoms with van der Waals surface area (Å²) >= 11 is 0. The van der Waals surface area contributed by atoms with Gasteiger partial charge in [-0.15, -0.1) is 0 Å². The Morgan fingerprint density at radius 2 is 2.19 bits per heavy atom. The van der Waals surface area contributed by atoms with Crippen molar-refractivity contribution in [1.82, 2.24) is 0 Å². The minimum Gasteiger partial charge on any atom is -0.490 e. The summed E-state index contributed by atoms with van der Waals surface area (Å²) in [5.74, 6) is 0.738. The number of methoxy groups -OCH3 is 1. The van der Waals surface area contributed by atoms with Crippen LogP contribution in [-0.2, 0) is 9.53 Å². The number of ether oxygens (including phenoxy) is 2. The molecule has 2 aliphatic rings. The zero-order valence-corrected chi connectivity index (χ0v) is 16.9. The van der Waals surface area contributed by atoms with E-state index in [-0.39, 0.29) is 36.2 Å². The zero-order valence-electron chi connectivity index (χ0n) is 15.9. The maximum Gasteiger partial charge on any atom is 0.247 e. The second-order valence-corrected chi connectivity index (χ2v) is 11.7. The molecule has 1 aromatic carbocycles. The second-order valence-electron chi connectivity index (χ2n) is 7.80. The van der Waals surface area contributed by atoms with Gasteiger partial charge in [0, 0.05) is 49.4 Å². The summed E-state index contributed by atoms with van der Waals surface area (Å²) < 4.78 is 26.9. The number of aliphatic hydroxyl groups excluding tert-OH is 1. The first-order valence-corrected chi connectivity index (χ1v) is 12.2. The number of carbonyl (C=O) groups excluding carboxylic acids is 1. The first kappa shape index (κ1) is 19.3. The smallest absolute Gasteiger partial charge is 0.247 e. The maximum atomic E-state index is 14.9. The first-order valence-electron chi connectivity index (χ1n) is 9.21. The van der Waals surface area contributed by atoms with E-state index in [1.807, 2.05) is 25.1 Å². The van der Waals surface area contributed by atoms with Crippen LogP contribution in [0.15, 0.2) is 18.2 Å². The second kappa shape index (κ2) is 7.29. The summed E-state index contributed by atoms with van der Waals surface area (Å²) in [6.45, 7) is 6.01. The molecule has 1 saturated heterocycles. The van der Waals surface area contributed by atoms with Crippen molar-refractivity contribution in [2.45, 2.75) is 50.6 Å². The lowest BCUT2D eigenvalue weighted by molar-refractivity contribution is -0.122. The molecule has 0 aliphatic carbocycles. The van der Waals surface area contributed by atoms with Gasteiger partial charge in [0.25, 0.3) is 0 Å². The highest BCUT2D eigenvalue weighted by atomic mass is 28.4. The van der Waals surface area contributed by atoms with Gasteiger partial charge in [0.1, 0.15) is 11.9 Å². The molecule has 1 fully saturated rings. The molecule has 3 rings (SSSR count). The topological polar surface area (TPSA) is 59.0 Å². The van der Waals surface area contributed by atoms with Crippen LogP contribution in [0.25, 0.3) is 0 Å². The standard InChI is InChI=1S/C19H28FNO4Si/c1-12-18(24-2)14-11-13(21-9-7-17(21)23)5-6-15(14)25-19(12)16(8-10-22)26(3,4)20/h5-6,11-12,16,18-19,22H,7-10H2,1-4H3/t12-,16?,18-,19-/m1/s1. The fourth-order valence-electron chi connectivity index (χ4n) is 4.16. The minimum atomic E-state index is -3.03. The number of benzene rings is 1. The lowest BCUT2D eigenvalue weighted by atomic mass is 9.86. The van der Waals surface area contributed by atoms with Gasteiger partial charge in [0.2, 0.25) is 14.3 Å². The van der Waals surface area contributed by atoms with Gasteiger partial charge in [0.15, 0.2) is 0 Å². The van der Waals surface area contributed by atoms with Crippen molar-refractivity contribution in [3.05, 3.63) is 23.8 Å². The number of rotatable bonds is 6. The Hall–Kier alpha value is -1.44. The summed E-state index contributed by atoms with van der Waals surface area (Å²) in [5.41, 5.74) is 1.43. The van der Waals surface area contributed by atoms with Gasteiger partial charge in [-0.2, -0.15) is 0 Å². The monoisotopic (exact) mass is 381 g/mol. The van der Waals surface area contributed by atoms with Crippen LogP contribution in [-0.4, -0.2) is 45.8 Å². The molecule has 144 valence electrons. The van der Waals surface area contributed by atoms with Crippen molar-refractivity contribution >= 4 is 20.0 Å². The predicted molar refractivity (Wildman–Crippen MR) is 101 cm³/mol. The molecule has 0 aromatic heterocycles. The molecular formula is C19H28FNO4Si. The fraction of sp³-hybridized carbons (Fsp3) is 0.632. The SMILES string of the molecule is CO[C@H]1c2cc(N3CCC3=O)ccc2O[C@@H](C(CCO)[Si](C)(C)F)[C@@H]1C. The molecule has 4 atom stereocenters. The first-order chi connectivity index (χ1) is 12.3. The predicted octanol–water partition coefficient (Wildman–Crippen LogP) is 3.44. The van der Waals surface area contributed by atoms with Gasteiger partial charge in [-0.25, -0.2) is 0 Å². The Morgan fingerprint density at radius 1 is 1.46 bits per heavy atom. The molecule has 0 saturated carbocycles. The van der Waals surface area contributed by atoms with Crippen LogP contribution in [0.3, 0.4) is 0 Å². The Labute approximate surface area is 155 Å². The molecular weight excluding hydrogens is 353 g/mol. The van der Waals surface area contributed by atoms with Crippen LogP contribution in [0.1, 0.15) is 31.4 Å². The minimum absolute atomic E-state index is 0.0574. The van der Waals surface area contributed by atoms with Crippen LogP contribution in [0.4, 0.5) is 9.80 Å². The number of anilines is 1. The number of amides is 1. The number of fused-ring (bicyclic) bond motifs is 1. The average Bonchev–Trinajstić information content (AvgIpc) is 2.57. The zero-order chi connectivity index (χ0) is 19.1. The third kappa shape index (κ3) is 3.40. The number of halogens is 1. The molecule has 2 heterocycles. The van der Waals surface area contributed by atoms with Gasteiger partial charge < -0.3 is 23.6 Å². The van der Waals surface area contributed by atoms with Crippen molar-refractivity contribution in [1.29, 1.82) is 0 Å². The van der Waals surface area contributed by atoms with Crippen LogP contribution >= 0.6 is 0 Å².